The summed E-state index contributed by atoms with van der Waals surface area (Å²) in [6, 6.07) is 11.1. The Labute approximate surface area is 138 Å². The Balaban J connectivity index is 2.16. The zero-order valence-electron chi connectivity index (χ0n) is 12.5. The summed E-state index contributed by atoms with van der Waals surface area (Å²) < 4.78 is 66.7. The van der Waals surface area contributed by atoms with Gasteiger partial charge in [0.25, 0.3) is 10.0 Å². The van der Waals surface area contributed by atoms with E-state index in [4.69, 9.17) is 0 Å². The minimum absolute atomic E-state index is 0.0610. The summed E-state index contributed by atoms with van der Waals surface area (Å²) in [6.07, 6.45) is -4.74. The second kappa shape index (κ2) is 6.10. The third-order valence-corrected chi connectivity index (χ3v) is 5.70. The van der Waals surface area contributed by atoms with Crippen LogP contribution in [0.4, 0.5) is 18.9 Å². The highest BCUT2D eigenvalue weighted by molar-refractivity contribution is 7.92. The molecule has 0 radical (unpaired) electrons. The molecule has 0 amide bonds. The van der Waals surface area contributed by atoms with E-state index in [2.05, 4.69) is 5.32 Å². The van der Waals surface area contributed by atoms with Crippen LogP contribution < -0.4 is 9.62 Å². The normalized spacial score (nSPS) is 15.7. The first-order valence-corrected chi connectivity index (χ1v) is 8.73. The van der Waals surface area contributed by atoms with E-state index in [0.29, 0.717) is 18.8 Å². The second-order valence-corrected chi connectivity index (χ2v) is 7.21. The molecule has 0 bridgehead atoms. The Hall–Kier alpha value is -2.06. The number of hydrogen-bond donors (Lipinski definition) is 1. The lowest BCUT2D eigenvalue weighted by Gasteiger charge is -2.25. The van der Waals surface area contributed by atoms with Gasteiger partial charge in [-0.1, -0.05) is 30.3 Å². The summed E-state index contributed by atoms with van der Waals surface area (Å²) in [5, 5.41) is 3.07. The highest BCUT2D eigenvalue weighted by Gasteiger charge is 2.39. The van der Waals surface area contributed by atoms with Crippen molar-refractivity contribution >= 4 is 15.7 Å². The Morgan fingerprint density at radius 1 is 1.00 bits per heavy atom. The van der Waals surface area contributed by atoms with Crippen LogP contribution in [0.5, 0.6) is 0 Å². The molecule has 128 valence electrons. The molecular weight excluding hydrogens is 341 g/mol. The van der Waals surface area contributed by atoms with Crippen molar-refractivity contribution < 1.29 is 21.6 Å². The van der Waals surface area contributed by atoms with Gasteiger partial charge < -0.3 is 5.32 Å². The number of para-hydroxylation sites is 1. The standard InChI is InChI=1S/C16H15F3N2O2S/c17-16(18,19)13-6-2-4-8-15(13)24(22,23)21-10-9-20-11-12-5-1-3-7-14(12)21/h1-8,20H,9-11H2. The summed E-state index contributed by atoms with van der Waals surface area (Å²) in [5.41, 5.74) is -0.0257. The summed E-state index contributed by atoms with van der Waals surface area (Å²) in [5.74, 6) is 0. The molecule has 4 nitrogen and oxygen atoms in total. The van der Waals surface area contributed by atoms with Crippen molar-refractivity contribution in [1.29, 1.82) is 0 Å². The molecule has 0 saturated heterocycles. The van der Waals surface area contributed by atoms with E-state index in [1.165, 1.54) is 12.1 Å². The van der Waals surface area contributed by atoms with Gasteiger partial charge in [0.1, 0.15) is 0 Å². The summed E-state index contributed by atoms with van der Waals surface area (Å²) in [4.78, 5) is -0.728. The largest absolute Gasteiger partial charge is 0.417 e. The number of fused-ring (bicyclic) bond motifs is 1. The molecule has 0 unspecified atom stereocenters. The highest BCUT2D eigenvalue weighted by Crippen LogP contribution is 2.37. The first-order chi connectivity index (χ1) is 11.3. The number of benzene rings is 2. The van der Waals surface area contributed by atoms with Crippen molar-refractivity contribution in [2.75, 3.05) is 17.4 Å². The Bertz CT molecular complexity index is 850. The number of nitrogens with zero attached hydrogens (tertiary/aromatic N) is 1. The predicted molar refractivity (Wildman–Crippen MR) is 84.1 cm³/mol. The average molecular weight is 356 g/mol. The van der Waals surface area contributed by atoms with E-state index in [1.807, 2.05) is 0 Å². The molecule has 3 rings (SSSR count). The van der Waals surface area contributed by atoms with Crippen molar-refractivity contribution in [1.82, 2.24) is 5.32 Å². The van der Waals surface area contributed by atoms with Crippen molar-refractivity contribution in [3.05, 3.63) is 59.7 Å². The lowest BCUT2D eigenvalue weighted by molar-refractivity contribution is -0.139. The number of alkyl halides is 3. The number of anilines is 1. The molecule has 2 aromatic rings. The molecule has 0 atom stereocenters. The van der Waals surface area contributed by atoms with Crippen LogP contribution in [0.3, 0.4) is 0 Å². The maximum Gasteiger partial charge on any atom is 0.417 e. The quantitative estimate of drug-likeness (QED) is 0.900. The van der Waals surface area contributed by atoms with Crippen LogP contribution in [0.15, 0.2) is 53.4 Å². The van der Waals surface area contributed by atoms with Crippen LogP contribution in [-0.4, -0.2) is 21.5 Å². The molecule has 1 N–H and O–H groups in total. The van der Waals surface area contributed by atoms with Gasteiger partial charge in [-0.25, -0.2) is 8.42 Å². The summed E-state index contributed by atoms with van der Waals surface area (Å²) in [7, 11) is -4.34. The van der Waals surface area contributed by atoms with Crippen LogP contribution in [0.1, 0.15) is 11.1 Å². The Kier molecular flexibility index (Phi) is 4.27. The van der Waals surface area contributed by atoms with Crippen molar-refractivity contribution in [3.63, 3.8) is 0 Å². The van der Waals surface area contributed by atoms with Gasteiger partial charge in [0.15, 0.2) is 0 Å². The number of sulfonamides is 1. The van der Waals surface area contributed by atoms with Crippen LogP contribution >= 0.6 is 0 Å². The summed E-state index contributed by atoms with van der Waals surface area (Å²) in [6.45, 7) is 0.872. The number of nitrogens with one attached hydrogen (secondary N) is 1. The lowest BCUT2D eigenvalue weighted by atomic mass is 10.2. The van der Waals surface area contributed by atoms with Gasteiger partial charge >= 0.3 is 6.18 Å². The molecular formula is C16H15F3N2O2S. The number of hydrogen-bond acceptors (Lipinski definition) is 3. The van der Waals surface area contributed by atoms with Crippen LogP contribution in [0, 0.1) is 0 Å². The van der Waals surface area contributed by atoms with Gasteiger partial charge in [0.2, 0.25) is 0 Å². The molecule has 0 aromatic heterocycles. The van der Waals surface area contributed by atoms with E-state index < -0.39 is 26.7 Å². The molecule has 0 aliphatic carbocycles. The maximum absolute atomic E-state index is 13.2. The van der Waals surface area contributed by atoms with Gasteiger partial charge in [0, 0.05) is 19.6 Å². The third kappa shape index (κ3) is 2.99. The minimum atomic E-state index is -4.74. The van der Waals surface area contributed by atoms with E-state index in [1.54, 1.807) is 24.3 Å². The number of rotatable bonds is 2. The first kappa shape index (κ1) is 16.8. The van der Waals surface area contributed by atoms with Crippen molar-refractivity contribution in [2.24, 2.45) is 0 Å². The topological polar surface area (TPSA) is 49.4 Å². The molecule has 0 saturated carbocycles. The average Bonchev–Trinajstić information content (AvgIpc) is 2.77. The first-order valence-electron chi connectivity index (χ1n) is 7.29. The fourth-order valence-electron chi connectivity index (χ4n) is 2.72. The smallest absolute Gasteiger partial charge is 0.311 e. The van der Waals surface area contributed by atoms with Crippen LogP contribution in [0.2, 0.25) is 0 Å². The SMILES string of the molecule is O=S(=O)(c1ccccc1C(F)(F)F)N1CCNCc2ccccc21. The van der Waals surface area contributed by atoms with Crippen molar-refractivity contribution in [2.45, 2.75) is 17.6 Å². The van der Waals surface area contributed by atoms with Crippen molar-refractivity contribution in [3.8, 4) is 0 Å². The lowest BCUT2D eigenvalue weighted by Crippen LogP contribution is -2.35. The van der Waals surface area contributed by atoms with Crippen LogP contribution in [0.25, 0.3) is 0 Å². The predicted octanol–water partition coefficient (Wildman–Crippen LogP) is 3.00. The van der Waals surface area contributed by atoms with Gasteiger partial charge in [-0.05, 0) is 23.8 Å². The van der Waals surface area contributed by atoms with E-state index in [0.717, 1.165) is 22.0 Å². The fraction of sp³-hybridized carbons (Fsp3) is 0.250. The fourth-order valence-corrected chi connectivity index (χ4v) is 4.44. The minimum Gasteiger partial charge on any atom is -0.311 e. The maximum atomic E-state index is 13.2. The zero-order chi connectivity index (χ0) is 17.4. The molecule has 2 aromatic carbocycles. The highest BCUT2D eigenvalue weighted by atomic mass is 32.2. The van der Waals surface area contributed by atoms with Gasteiger partial charge in [-0.15, -0.1) is 0 Å². The van der Waals surface area contributed by atoms with E-state index in [-0.39, 0.29) is 6.54 Å². The van der Waals surface area contributed by atoms with Gasteiger partial charge in [-0.2, -0.15) is 13.2 Å². The molecule has 0 spiro atoms. The molecule has 8 heteroatoms. The Morgan fingerprint density at radius 3 is 2.42 bits per heavy atom. The molecule has 24 heavy (non-hydrogen) atoms. The monoisotopic (exact) mass is 356 g/mol. The van der Waals surface area contributed by atoms with Crippen LogP contribution in [-0.2, 0) is 22.7 Å². The molecule has 1 aliphatic rings. The second-order valence-electron chi connectivity index (χ2n) is 5.38. The van der Waals surface area contributed by atoms with Gasteiger partial charge in [0.05, 0.1) is 16.1 Å². The number of halogens is 3. The van der Waals surface area contributed by atoms with E-state index in [9.17, 15) is 21.6 Å². The van der Waals surface area contributed by atoms with E-state index >= 15 is 0 Å². The third-order valence-electron chi connectivity index (χ3n) is 3.83. The van der Waals surface area contributed by atoms with Gasteiger partial charge in [-0.3, -0.25) is 4.31 Å². The molecule has 0 fully saturated rings. The Morgan fingerprint density at radius 2 is 1.67 bits per heavy atom. The molecule has 1 aliphatic heterocycles. The summed E-state index contributed by atoms with van der Waals surface area (Å²) >= 11 is 0. The zero-order valence-corrected chi connectivity index (χ0v) is 13.4. The molecule has 1 heterocycles.